The summed E-state index contributed by atoms with van der Waals surface area (Å²) < 4.78 is 1.60. The average molecular weight is 390 g/mol. The van der Waals surface area contributed by atoms with Gasteiger partial charge in [-0.05, 0) is 24.5 Å². The Balaban J connectivity index is 1.47. The number of nitrogens with zero attached hydrogens (tertiary/aromatic N) is 4. The first-order chi connectivity index (χ1) is 13.1. The van der Waals surface area contributed by atoms with Crippen molar-refractivity contribution in [2.75, 3.05) is 31.9 Å². The maximum Gasteiger partial charge on any atom is 0.343 e. The van der Waals surface area contributed by atoms with Crippen molar-refractivity contribution in [3.05, 3.63) is 45.9 Å². The molecule has 27 heavy (non-hydrogen) atoms. The molecule has 2 aromatic rings. The third kappa shape index (κ3) is 5.01. The minimum atomic E-state index is -0.211. The second kappa shape index (κ2) is 9.23. The van der Waals surface area contributed by atoms with Gasteiger partial charge in [-0.15, -0.1) is 5.10 Å². The number of benzene rings is 1. The molecule has 1 N–H and O–H groups in total. The minimum absolute atomic E-state index is 0.106. The smallest absolute Gasteiger partial charge is 0.339 e. The SMILES string of the molecule is CCCn1c(SCC(=O)N2CCN(Cc3ccccc3C)CC2)n[nH]c1=O. The van der Waals surface area contributed by atoms with Crippen molar-refractivity contribution in [1.82, 2.24) is 24.6 Å². The number of hydrogen-bond donors (Lipinski definition) is 1. The van der Waals surface area contributed by atoms with Crippen LogP contribution in [0.25, 0.3) is 0 Å². The van der Waals surface area contributed by atoms with Crippen molar-refractivity contribution >= 4 is 17.7 Å². The Hall–Kier alpha value is -2.06. The third-order valence-electron chi connectivity index (χ3n) is 4.88. The molecule has 1 saturated heterocycles. The largest absolute Gasteiger partial charge is 0.343 e. The van der Waals surface area contributed by atoms with Crippen molar-refractivity contribution in [2.45, 2.75) is 38.5 Å². The van der Waals surface area contributed by atoms with E-state index in [0.29, 0.717) is 17.5 Å². The van der Waals surface area contributed by atoms with E-state index in [9.17, 15) is 9.59 Å². The van der Waals surface area contributed by atoms with Crippen LogP contribution in [0.2, 0.25) is 0 Å². The molecule has 2 heterocycles. The van der Waals surface area contributed by atoms with E-state index < -0.39 is 0 Å². The number of nitrogens with one attached hydrogen (secondary N) is 1. The number of rotatable bonds is 7. The maximum atomic E-state index is 12.5. The Kier molecular flexibility index (Phi) is 6.73. The van der Waals surface area contributed by atoms with Crippen LogP contribution in [-0.2, 0) is 17.9 Å². The Morgan fingerprint density at radius 3 is 2.67 bits per heavy atom. The third-order valence-corrected chi connectivity index (χ3v) is 5.84. The van der Waals surface area contributed by atoms with Crippen molar-refractivity contribution in [3.8, 4) is 0 Å². The topological polar surface area (TPSA) is 74.2 Å². The maximum absolute atomic E-state index is 12.5. The number of carbonyl (C=O) groups excluding carboxylic acids is 1. The first-order valence-corrected chi connectivity index (χ1v) is 10.4. The van der Waals surface area contributed by atoms with Crippen LogP contribution in [-0.4, -0.2) is 62.4 Å². The molecule has 8 heteroatoms. The molecule has 1 aromatic heterocycles. The molecule has 0 spiro atoms. The highest BCUT2D eigenvalue weighted by Crippen LogP contribution is 2.16. The lowest BCUT2D eigenvalue weighted by atomic mass is 10.1. The predicted molar refractivity (Wildman–Crippen MR) is 107 cm³/mol. The van der Waals surface area contributed by atoms with Crippen LogP contribution in [0.1, 0.15) is 24.5 Å². The number of hydrogen-bond acceptors (Lipinski definition) is 5. The number of aromatic amines is 1. The van der Waals surface area contributed by atoms with Gasteiger partial charge in [-0.2, -0.15) is 0 Å². The van der Waals surface area contributed by atoms with Gasteiger partial charge in [-0.25, -0.2) is 9.89 Å². The first-order valence-electron chi connectivity index (χ1n) is 9.41. The predicted octanol–water partition coefficient (Wildman–Crippen LogP) is 1.73. The number of piperazine rings is 1. The van der Waals surface area contributed by atoms with Gasteiger partial charge in [0.05, 0.1) is 5.75 Å². The first kappa shape index (κ1) is 19.7. The summed E-state index contributed by atoms with van der Waals surface area (Å²) in [4.78, 5) is 28.6. The number of amides is 1. The lowest BCUT2D eigenvalue weighted by molar-refractivity contribution is -0.130. The molecule has 7 nitrogen and oxygen atoms in total. The van der Waals surface area contributed by atoms with Crippen LogP contribution in [0.5, 0.6) is 0 Å². The zero-order valence-corrected chi connectivity index (χ0v) is 16.8. The molecular weight excluding hydrogens is 362 g/mol. The van der Waals surface area contributed by atoms with Crippen molar-refractivity contribution in [2.24, 2.45) is 0 Å². The fourth-order valence-corrected chi connectivity index (χ4v) is 4.11. The second-order valence-electron chi connectivity index (χ2n) is 6.84. The molecule has 1 aliphatic rings. The standard InChI is InChI=1S/C19H27N5O2S/c1-3-8-24-18(26)20-21-19(24)27-14-17(25)23-11-9-22(10-12-23)13-16-7-5-4-6-15(16)2/h4-7H,3,8-14H2,1-2H3,(H,20,26). The minimum Gasteiger partial charge on any atom is -0.339 e. The summed E-state index contributed by atoms with van der Waals surface area (Å²) >= 11 is 1.33. The molecule has 146 valence electrons. The van der Waals surface area contributed by atoms with E-state index in [0.717, 1.165) is 39.1 Å². The van der Waals surface area contributed by atoms with Gasteiger partial charge in [0.2, 0.25) is 5.91 Å². The number of carbonyl (C=O) groups is 1. The van der Waals surface area contributed by atoms with Crippen LogP contribution >= 0.6 is 11.8 Å². The molecular formula is C19H27N5O2S. The van der Waals surface area contributed by atoms with E-state index >= 15 is 0 Å². The fourth-order valence-electron chi connectivity index (χ4n) is 3.24. The quantitative estimate of drug-likeness (QED) is 0.730. The molecule has 1 aromatic carbocycles. The van der Waals surface area contributed by atoms with Gasteiger partial charge in [0, 0.05) is 39.3 Å². The van der Waals surface area contributed by atoms with Gasteiger partial charge in [0.1, 0.15) is 0 Å². The Morgan fingerprint density at radius 1 is 1.22 bits per heavy atom. The highest BCUT2D eigenvalue weighted by molar-refractivity contribution is 7.99. The zero-order chi connectivity index (χ0) is 19.2. The molecule has 0 atom stereocenters. The molecule has 0 aliphatic carbocycles. The van der Waals surface area contributed by atoms with Crippen LogP contribution in [0.15, 0.2) is 34.2 Å². The van der Waals surface area contributed by atoms with Crippen molar-refractivity contribution < 1.29 is 4.79 Å². The van der Waals surface area contributed by atoms with E-state index in [1.54, 1.807) is 4.57 Å². The van der Waals surface area contributed by atoms with Gasteiger partial charge in [-0.1, -0.05) is 43.0 Å². The van der Waals surface area contributed by atoms with E-state index in [1.165, 1.54) is 22.9 Å². The van der Waals surface area contributed by atoms with Crippen LogP contribution in [0.3, 0.4) is 0 Å². The summed E-state index contributed by atoms with van der Waals surface area (Å²) in [6, 6.07) is 8.45. The summed E-state index contributed by atoms with van der Waals surface area (Å²) in [5, 5.41) is 7.08. The van der Waals surface area contributed by atoms with E-state index in [-0.39, 0.29) is 11.6 Å². The molecule has 1 aliphatic heterocycles. The van der Waals surface area contributed by atoms with Crippen LogP contribution in [0.4, 0.5) is 0 Å². The van der Waals surface area contributed by atoms with Crippen LogP contribution in [0, 0.1) is 6.92 Å². The monoisotopic (exact) mass is 389 g/mol. The van der Waals surface area contributed by atoms with E-state index in [4.69, 9.17) is 0 Å². The summed E-state index contributed by atoms with van der Waals surface area (Å²) in [5.74, 6) is 0.417. The highest BCUT2D eigenvalue weighted by atomic mass is 32.2. The Labute approximate surface area is 163 Å². The molecule has 0 bridgehead atoms. The number of aromatic nitrogens is 3. The number of thioether (sulfide) groups is 1. The molecule has 3 rings (SSSR count). The Morgan fingerprint density at radius 2 is 1.96 bits per heavy atom. The second-order valence-corrected chi connectivity index (χ2v) is 7.78. The van der Waals surface area contributed by atoms with Gasteiger partial charge in [0.15, 0.2) is 5.16 Å². The van der Waals surface area contributed by atoms with Gasteiger partial charge >= 0.3 is 5.69 Å². The number of aryl methyl sites for hydroxylation is 1. The molecule has 0 saturated carbocycles. The molecule has 1 amide bonds. The lowest BCUT2D eigenvalue weighted by Crippen LogP contribution is -2.48. The normalized spacial score (nSPS) is 15.3. The lowest BCUT2D eigenvalue weighted by Gasteiger charge is -2.35. The average Bonchev–Trinajstić information content (AvgIpc) is 3.02. The Bertz CT molecular complexity index is 824. The highest BCUT2D eigenvalue weighted by Gasteiger charge is 2.22. The van der Waals surface area contributed by atoms with Crippen LogP contribution < -0.4 is 5.69 Å². The summed E-state index contributed by atoms with van der Waals surface area (Å²) in [6.07, 6.45) is 0.851. The molecule has 0 unspecified atom stereocenters. The van der Waals surface area contributed by atoms with Gasteiger partial charge < -0.3 is 4.90 Å². The van der Waals surface area contributed by atoms with E-state index in [1.807, 2.05) is 11.8 Å². The fraction of sp³-hybridized carbons (Fsp3) is 0.526. The summed E-state index contributed by atoms with van der Waals surface area (Å²) in [5.41, 5.74) is 2.45. The van der Waals surface area contributed by atoms with Crippen molar-refractivity contribution in [3.63, 3.8) is 0 Å². The molecule has 0 radical (unpaired) electrons. The van der Waals surface area contributed by atoms with Crippen molar-refractivity contribution in [1.29, 1.82) is 0 Å². The van der Waals surface area contributed by atoms with Gasteiger partial charge in [0.25, 0.3) is 0 Å². The zero-order valence-electron chi connectivity index (χ0n) is 16.0. The molecule has 1 fully saturated rings. The van der Waals surface area contributed by atoms with E-state index in [2.05, 4.69) is 46.3 Å². The summed E-state index contributed by atoms with van der Waals surface area (Å²) in [6.45, 7) is 8.95. The van der Waals surface area contributed by atoms with Gasteiger partial charge in [-0.3, -0.25) is 14.3 Å². The summed E-state index contributed by atoms with van der Waals surface area (Å²) in [7, 11) is 0. The number of H-pyrrole nitrogens is 1.